The molecule has 116 valence electrons. The summed E-state index contributed by atoms with van der Waals surface area (Å²) in [4.78, 5) is 14.7. The number of nitrogens with one attached hydrogen (secondary N) is 1. The van der Waals surface area contributed by atoms with Gasteiger partial charge in [-0.3, -0.25) is 9.69 Å². The number of hydrogen-bond acceptors (Lipinski definition) is 3. The van der Waals surface area contributed by atoms with E-state index < -0.39 is 0 Å². The van der Waals surface area contributed by atoms with E-state index in [2.05, 4.69) is 14.8 Å². The third-order valence-corrected chi connectivity index (χ3v) is 4.59. The zero-order valence-electron chi connectivity index (χ0n) is 12.5. The third-order valence-electron chi connectivity index (χ3n) is 4.59. The Hall–Kier alpha value is -1.33. The van der Waals surface area contributed by atoms with Gasteiger partial charge in [0.1, 0.15) is 6.04 Å². The Morgan fingerprint density at radius 3 is 2.81 bits per heavy atom. The highest BCUT2D eigenvalue weighted by molar-refractivity contribution is 5.82. The number of hydrogen-bond donors (Lipinski definition) is 1. The van der Waals surface area contributed by atoms with E-state index in [9.17, 15) is 4.79 Å². The van der Waals surface area contributed by atoms with Crippen molar-refractivity contribution in [3.8, 4) is 0 Å². The Morgan fingerprint density at radius 2 is 2.10 bits per heavy atom. The van der Waals surface area contributed by atoms with Crippen molar-refractivity contribution in [2.24, 2.45) is 5.92 Å². The Balaban J connectivity index is 1.46. The maximum absolute atomic E-state index is 12.4. The minimum absolute atomic E-state index is 0.107. The van der Waals surface area contributed by atoms with Crippen LogP contribution in [0.2, 0.25) is 0 Å². The van der Waals surface area contributed by atoms with E-state index in [0.29, 0.717) is 13.2 Å². The van der Waals surface area contributed by atoms with Crippen LogP contribution in [-0.2, 0) is 16.1 Å². The van der Waals surface area contributed by atoms with Crippen molar-refractivity contribution in [2.75, 3.05) is 32.8 Å². The van der Waals surface area contributed by atoms with Gasteiger partial charge in [-0.1, -0.05) is 6.42 Å². The summed E-state index contributed by atoms with van der Waals surface area (Å²) in [6.07, 6.45) is 8.01. The van der Waals surface area contributed by atoms with Crippen molar-refractivity contribution < 1.29 is 9.53 Å². The fraction of sp³-hybridized carbons (Fsp3) is 0.688. The number of morpholine rings is 1. The van der Waals surface area contributed by atoms with Gasteiger partial charge in [0.15, 0.2) is 0 Å². The van der Waals surface area contributed by atoms with Crippen LogP contribution in [0.1, 0.15) is 19.3 Å². The molecule has 0 spiro atoms. The SMILES string of the molecule is O=C(NCCn1cccc1)C1COCCN1CC1CCC1. The zero-order valence-corrected chi connectivity index (χ0v) is 12.5. The minimum Gasteiger partial charge on any atom is -0.378 e. The van der Waals surface area contributed by atoms with Gasteiger partial charge in [0, 0.05) is 38.6 Å². The van der Waals surface area contributed by atoms with Crippen LogP contribution in [0, 0.1) is 5.92 Å². The van der Waals surface area contributed by atoms with E-state index in [-0.39, 0.29) is 11.9 Å². The van der Waals surface area contributed by atoms with Crippen LogP contribution >= 0.6 is 0 Å². The minimum atomic E-state index is -0.107. The molecule has 1 atom stereocenters. The molecular formula is C16H25N3O2. The molecular weight excluding hydrogens is 266 g/mol. The average molecular weight is 291 g/mol. The lowest BCUT2D eigenvalue weighted by molar-refractivity contribution is -0.133. The lowest BCUT2D eigenvalue weighted by Gasteiger charge is -2.39. The fourth-order valence-electron chi connectivity index (χ4n) is 3.05. The van der Waals surface area contributed by atoms with Crippen molar-refractivity contribution in [1.29, 1.82) is 0 Å². The molecule has 1 aromatic rings. The summed E-state index contributed by atoms with van der Waals surface area (Å²) >= 11 is 0. The predicted molar refractivity (Wildman–Crippen MR) is 81.0 cm³/mol. The van der Waals surface area contributed by atoms with E-state index in [1.54, 1.807) is 0 Å². The van der Waals surface area contributed by atoms with Crippen LogP contribution in [0.5, 0.6) is 0 Å². The molecule has 21 heavy (non-hydrogen) atoms. The topological polar surface area (TPSA) is 46.5 Å². The molecule has 2 heterocycles. The number of aromatic nitrogens is 1. The molecule has 1 unspecified atom stereocenters. The quantitative estimate of drug-likeness (QED) is 0.854. The molecule has 0 bridgehead atoms. The summed E-state index contributed by atoms with van der Waals surface area (Å²) in [5.41, 5.74) is 0. The normalized spacial score (nSPS) is 23.7. The van der Waals surface area contributed by atoms with Crippen molar-refractivity contribution >= 4 is 5.91 Å². The second-order valence-corrected chi connectivity index (χ2v) is 6.09. The maximum atomic E-state index is 12.4. The van der Waals surface area contributed by atoms with Crippen molar-refractivity contribution in [1.82, 2.24) is 14.8 Å². The summed E-state index contributed by atoms with van der Waals surface area (Å²) in [6.45, 7) is 4.70. The van der Waals surface area contributed by atoms with Crippen LogP contribution in [0.3, 0.4) is 0 Å². The van der Waals surface area contributed by atoms with Crippen molar-refractivity contribution in [2.45, 2.75) is 31.8 Å². The first-order valence-corrected chi connectivity index (χ1v) is 8.03. The number of amides is 1. The number of carbonyl (C=O) groups excluding carboxylic acids is 1. The molecule has 2 aliphatic rings. The number of nitrogens with zero attached hydrogens (tertiary/aromatic N) is 2. The second-order valence-electron chi connectivity index (χ2n) is 6.09. The molecule has 1 saturated carbocycles. The lowest BCUT2D eigenvalue weighted by atomic mass is 9.84. The molecule has 1 aliphatic heterocycles. The van der Waals surface area contributed by atoms with E-state index in [4.69, 9.17) is 4.74 Å². The van der Waals surface area contributed by atoms with Gasteiger partial charge in [-0.2, -0.15) is 0 Å². The predicted octanol–water partition coefficient (Wildman–Crippen LogP) is 1.11. The highest BCUT2D eigenvalue weighted by Gasteiger charge is 2.32. The number of ether oxygens (including phenoxy) is 1. The van der Waals surface area contributed by atoms with Gasteiger partial charge in [-0.05, 0) is 30.9 Å². The second kappa shape index (κ2) is 7.09. The highest BCUT2D eigenvalue weighted by atomic mass is 16.5. The zero-order chi connectivity index (χ0) is 14.5. The van der Waals surface area contributed by atoms with Crippen LogP contribution in [0.4, 0.5) is 0 Å². The van der Waals surface area contributed by atoms with Gasteiger partial charge >= 0.3 is 0 Å². The van der Waals surface area contributed by atoms with Crippen molar-refractivity contribution in [3.05, 3.63) is 24.5 Å². The van der Waals surface area contributed by atoms with E-state index >= 15 is 0 Å². The average Bonchev–Trinajstić information content (AvgIpc) is 2.96. The number of rotatable bonds is 6. The fourth-order valence-corrected chi connectivity index (χ4v) is 3.05. The Bertz CT molecular complexity index is 442. The molecule has 3 rings (SSSR count). The Kier molecular flexibility index (Phi) is 4.93. The molecule has 1 amide bonds. The molecule has 5 heteroatoms. The number of carbonyl (C=O) groups is 1. The van der Waals surface area contributed by atoms with Crippen LogP contribution in [-0.4, -0.2) is 54.3 Å². The summed E-state index contributed by atoms with van der Waals surface area (Å²) in [6, 6.07) is 3.89. The van der Waals surface area contributed by atoms with Gasteiger partial charge in [0.25, 0.3) is 0 Å². The Morgan fingerprint density at radius 1 is 1.29 bits per heavy atom. The molecule has 2 fully saturated rings. The largest absolute Gasteiger partial charge is 0.378 e. The van der Waals surface area contributed by atoms with Crippen molar-refractivity contribution in [3.63, 3.8) is 0 Å². The monoisotopic (exact) mass is 291 g/mol. The van der Waals surface area contributed by atoms with Crippen LogP contribution in [0.15, 0.2) is 24.5 Å². The highest BCUT2D eigenvalue weighted by Crippen LogP contribution is 2.28. The third kappa shape index (κ3) is 3.86. The summed E-state index contributed by atoms with van der Waals surface area (Å²) in [7, 11) is 0. The summed E-state index contributed by atoms with van der Waals surface area (Å²) in [5.74, 6) is 0.902. The van der Waals surface area contributed by atoms with Gasteiger partial charge < -0.3 is 14.6 Å². The van der Waals surface area contributed by atoms with Gasteiger partial charge in [0.2, 0.25) is 5.91 Å². The van der Waals surface area contributed by atoms with Gasteiger partial charge in [-0.15, -0.1) is 0 Å². The first kappa shape index (κ1) is 14.6. The standard InChI is InChI=1S/C16H25N3O2/c20-16(17-6-9-18-7-1-2-8-18)15-13-21-11-10-19(15)12-14-4-3-5-14/h1-2,7-8,14-15H,3-6,9-13H2,(H,17,20). The Labute approximate surface area is 126 Å². The van der Waals surface area contributed by atoms with Crippen LogP contribution in [0.25, 0.3) is 0 Å². The molecule has 1 N–H and O–H groups in total. The molecule has 0 radical (unpaired) electrons. The van der Waals surface area contributed by atoms with E-state index in [1.165, 1.54) is 19.3 Å². The molecule has 1 aromatic heterocycles. The van der Waals surface area contributed by atoms with Gasteiger partial charge in [-0.25, -0.2) is 0 Å². The van der Waals surface area contributed by atoms with E-state index in [0.717, 1.165) is 32.2 Å². The summed E-state index contributed by atoms with van der Waals surface area (Å²) in [5, 5.41) is 3.05. The summed E-state index contributed by atoms with van der Waals surface area (Å²) < 4.78 is 7.58. The lowest BCUT2D eigenvalue weighted by Crippen LogP contribution is -2.55. The molecule has 5 nitrogen and oxygen atoms in total. The molecule has 1 aliphatic carbocycles. The smallest absolute Gasteiger partial charge is 0.239 e. The van der Waals surface area contributed by atoms with Crippen LogP contribution < -0.4 is 5.32 Å². The maximum Gasteiger partial charge on any atom is 0.239 e. The first-order chi connectivity index (χ1) is 10.3. The first-order valence-electron chi connectivity index (χ1n) is 8.03. The molecule has 1 saturated heterocycles. The van der Waals surface area contributed by atoms with E-state index in [1.807, 2.05) is 24.5 Å². The molecule has 0 aromatic carbocycles. The van der Waals surface area contributed by atoms with Gasteiger partial charge in [0.05, 0.1) is 13.2 Å².